The summed E-state index contributed by atoms with van der Waals surface area (Å²) in [5.74, 6) is -0.212. The highest BCUT2D eigenvalue weighted by Gasteiger charge is 2.25. The second-order valence-corrected chi connectivity index (χ2v) is 10.9. The number of anilines is 2. The summed E-state index contributed by atoms with van der Waals surface area (Å²) in [6, 6.07) is 10.6. The predicted octanol–water partition coefficient (Wildman–Crippen LogP) is 1.56. The number of carbonyl (C=O) groups is 1. The Labute approximate surface area is 208 Å². The molecule has 1 aliphatic rings. The zero-order valence-corrected chi connectivity index (χ0v) is 20.8. The van der Waals surface area contributed by atoms with E-state index in [4.69, 9.17) is 9.47 Å². The van der Waals surface area contributed by atoms with Crippen LogP contribution in [-0.4, -0.2) is 71.0 Å². The lowest BCUT2D eigenvalue weighted by atomic mass is 10.1. The zero-order chi connectivity index (χ0) is 25.8. The number of methoxy groups -OCH3 is 1. The van der Waals surface area contributed by atoms with Gasteiger partial charge in [-0.3, -0.25) is 9.52 Å². The van der Waals surface area contributed by atoms with Crippen molar-refractivity contribution in [1.29, 1.82) is 0 Å². The average Bonchev–Trinajstić information content (AvgIpc) is 2.89. The number of benzene rings is 2. The summed E-state index contributed by atoms with van der Waals surface area (Å²) < 4.78 is 66.3. The van der Waals surface area contributed by atoms with Gasteiger partial charge in [0.05, 0.1) is 35.7 Å². The Morgan fingerprint density at radius 3 is 2.17 bits per heavy atom. The van der Waals surface area contributed by atoms with Crippen molar-refractivity contribution in [2.75, 3.05) is 42.9 Å². The number of rotatable bonds is 8. The third-order valence-corrected chi connectivity index (χ3v) is 7.94. The van der Waals surface area contributed by atoms with Crippen molar-refractivity contribution in [2.45, 2.75) is 9.79 Å². The third-order valence-electron chi connectivity index (χ3n) is 5.22. The second kappa shape index (κ2) is 10.5. The van der Waals surface area contributed by atoms with Gasteiger partial charge in [0.2, 0.25) is 5.95 Å². The minimum absolute atomic E-state index is 0.0933. The molecule has 14 heteroatoms. The molecule has 190 valence electrons. The van der Waals surface area contributed by atoms with Crippen LogP contribution in [-0.2, 0) is 24.8 Å². The van der Waals surface area contributed by atoms with E-state index in [1.807, 2.05) is 0 Å². The highest BCUT2D eigenvalue weighted by molar-refractivity contribution is 7.93. The van der Waals surface area contributed by atoms with Crippen LogP contribution < -0.4 is 14.2 Å². The lowest BCUT2D eigenvalue weighted by Gasteiger charge is -2.27. The number of hydrogen-bond acceptors (Lipinski definition) is 9. The molecule has 2 heterocycles. The molecule has 1 saturated heterocycles. The molecule has 3 aromatic rings. The van der Waals surface area contributed by atoms with Gasteiger partial charge in [0.15, 0.2) is 0 Å². The lowest BCUT2D eigenvalue weighted by molar-refractivity contribution is 0.0300. The van der Waals surface area contributed by atoms with Crippen molar-refractivity contribution in [3.05, 3.63) is 66.5 Å². The minimum Gasteiger partial charge on any atom is -0.496 e. The Kier molecular flexibility index (Phi) is 7.37. The molecule has 2 N–H and O–H groups in total. The van der Waals surface area contributed by atoms with Crippen LogP contribution in [0.25, 0.3) is 0 Å². The number of morpholine rings is 1. The monoisotopic (exact) mass is 533 g/mol. The molecule has 12 nitrogen and oxygen atoms in total. The van der Waals surface area contributed by atoms with Gasteiger partial charge in [0, 0.05) is 31.2 Å². The van der Waals surface area contributed by atoms with E-state index in [9.17, 15) is 21.6 Å². The van der Waals surface area contributed by atoms with Crippen molar-refractivity contribution in [3.8, 4) is 5.75 Å². The molecule has 0 aliphatic carbocycles. The topological polar surface area (TPSA) is 157 Å². The van der Waals surface area contributed by atoms with Crippen molar-refractivity contribution in [3.63, 3.8) is 0 Å². The molecule has 0 bridgehead atoms. The van der Waals surface area contributed by atoms with Crippen LogP contribution in [0.2, 0.25) is 0 Å². The number of nitrogens with one attached hydrogen (secondary N) is 2. The Bertz CT molecular complexity index is 1440. The molecule has 1 aromatic heterocycles. The standard InChI is InChI=1S/C22H23N5O7S2/c1-33-20-8-7-18(15-19(20)21(28)27-11-13-34-14-12-27)36(31,32)25-16-3-5-17(6-4-16)35(29,30)26-22-23-9-2-10-24-22/h2-10,15,25H,11-14H2,1H3,(H,23,24,26). The number of amides is 1. The molecule has 4 rings (SSSR count). The summed E-state index contributed by atoms with van der Waals surface area (Å²) in [5, 5.41) is 0. The molecule has 36 heavy (non-hydrogen) atoms. The SMILES string of the molecule is COc1ccc(S(=O)(=O)Nc2ccc(S(=O)(=O)Nc3ncccn3)cc2)cc1C(=O)N1CCOCC1. The Morgan fingerprint density at radius 1 is 0.917 bits per heavy atom. The molecule has 1 fully saturated rings. The Morgan fingerprint density at radius 2 is 1.53 bits per heavy atom. The fraction of sp³-hybridized carbons (Fsp3) is 0.227. The first-order chi connectivity index (χ1) is 17.2. The van der Waals surface area contributed by atoms with Crippen LogP contribution in [0.15, 0.2) is 70.7 Å². The van der Waals surface area contributed by atoms with E-state index in [2.05, 4.69) is 19.4 Å². The first kappa shape index (κ1) is 25.3. The first-order valence-corrected chi connectivity index (χ1v) is 13.6. The average molecular weight is 534 g/mol. The number of aromatic nitrogens is 2. The van der Waals surface area contributed by atoms with E-state index in [-0.39, 0.29) is 38.6 Å². The minimum atomic E-state index is -4.11. The van der Waals surface area contributed by atoms with E-state index in [1.54, 1.807) is 11.0 Å². The summed E-state index contributed by atoms with van der Waals surface area (Å²) in [5.41, 5.74) is 0.236. The first-order valence-electron chi connectivity index (χ1n) is 10.7. The lowest BCUT2D eigenvalue weighted by Crippen LogP contribution is -2.40. The quantitative estimate of drug-likeness (QED) is 0.438. The van der Waals surface area contributed by atoms with Gasteiger partial charge in [0.1, 0.15) is 5.75 Å². The summed E-state index contributed by atoms with van der Waals surface area (Å²) in [6.45, 7) is 1.57. The Hall–Kier alpha value is -3.75. The fourth-order valence-electron chi connectivity index (χ4n) is 3.41. The van der Waals surface area contributed by atoms with Gasteiger partial charge in [-0.2, -0.15) is 0 Å². The zero-order valence-electron chi connectivity index (χ0n) is 19.1. The van der Waals surface area contributed by atoms with Gasteiger partial charge in [0.25, 0.3) is 26.0 Å². The maximum absolute atomic E-state index is 13.0. The van der Waals surface area contributed by atoms with E-state index in [0.29, 0.717) is 26.3 Å². The molecule has 0 saturated carbocycles. The van der Waals surface area contributed by atoms with Crippen molar-refractivity contribution in [1.82, 2.24) is 14.9 Å². The number of carbonyl (C=O) groups excluding carboxylic acids is 1. The molecule has 0 radical (unpaired) electrons. The third kappa shape index (κ3) is 5.72. The van der Waals surface area contributed by atoms with Crippen molar-refractivity contribution >= 4 is 37.6 Å². The maximum Gasteiger partial charge on any atom is 0.264 e. The largest absolute Gasteiger partial charge is 0.496 e. The van der Waals surface area contributed by atoms with Crippen LogP contribution in [0, 0.1) is 0 Å². The number of ether oxygens (including phenoxy) is 2. The summed E-state index contributed by atoms with van der Waals surface area (Å²) in [7, 11) is -6.69. The van der Waals surface area contributed by atoms with Crippen LogP contribution in [0.5, 0.6) is 5.75 Å². The Balaban J connectivity index is 1.53. The summed E-state index contributed by atoms with van der Waals surface area (Å²) in [6.07, 6.45) is 2.78. The van der Waals surface area contributed by atoms with Gasteiger partial charge in [-0.25, -0.2) is 31.5 Å². The van der Waals surface area contributed by atoms with Gasteiger partial charge >= 0.3 is 0 Å². The predicted molar refractivity (Wildman–Crippen MR) is 130 cm³/mol. The molecule has 2 aromatic carbocycles. The van der Waals surface area contributed by atoms with E-state index < -0.39 is 20.0 Å². The number of sulfonamides is 2. The van der Waals surface area contributed by atoms with Gasteiger partial charge in [-0.05, 0) is 48.5 Å². The van der Waals surface area contributed by atoms with Crippen LogP contribution in [0.3, 0.4) is 0 Å². The van der Waals surface area contributed by atoms with Gasteiger partial charge in [-0.1, -0.05) is 0 Å². The molecule has 0 unspecified atom stereocenters. The van der Waals surface area contributed by atoms with Gasteiger partial charge in [-0.15, -0.1) is 0 Å². The summed E-state index contributed by atoms with van der Waals surface area (Å²) >= 11 is 0. The second-order valence-electron chi connectivity index (χ2n) is 7.57. The molecular formula is C22H23N5O7S2. The van der Waals surface area contributed by atoms with Gasteiger partial charge < -0.3 is 14.4 Å². The van der Waals surface area contributed by atoms with Crippen LogP contribution >= 0.6 is 0 Å². The molecule has 0 atom stereocenters. The van der Waals surface area contributed by atoms with E-state index in [1.165, 1.54) is 62.0 Å². The van der Waals surface area contributed by atoms with E-state index in [0.717, 1.165) is 0 Å². The number of nitrogens with zero attached hydrogens (tertiary/aromatic N) is 3. The smallest absolute Gasteiger partial charge is 0.264 e. The van der Waals surface area contributed by atoms with Crippen LogP contribution in [0.1, 0.15) is 10.4 Å². The normalized spacial score (nSPS) is 14.2. The molecule has 1 amide bonds. The fourth-order valence-corrected chi connectivity index (χ4v) is 5.45. The van der Waals surface area contributed by atoms with Crippen LogP contribution in [0.4, 0.5) is 11.6 Å². The molecule has 0 spiro atoms. The van der Waals surface area contributed by atoms with E-state index >= 15 is 0 Å². The summed E-state index contributed by atoms with van der Waals surface area (Å²) in [4.78, 5) is 21.9. The van der Waals surface area contributed by atoms with Crippen molar-refractivity contribution in [2.24, 2.45) is 0 Å². The molecular weight excluding hydrogens is 510 g/mol. The maximum atomic E-state index is 13.0. The highest BCUT2D eigenvalue weighted by atomic mass is 32.2. The number of hydrogen-bond donors (Lipinski definition) is 2. The molecule has 1 aliphatic heterocycles. The van der Waals surface area contributed by atoms with Crippen molar-refractivity contribution < 1.29 is 31.1 Å². The highest BCUT2D eigenvalue weighted by Crippen LogP contribution is 2.26.